The number of hydrogen-bond donors (Lipinski definition) is 1. The molecular weight excluding hydrogens is 516 g/mol. The van der Waals surface area contributed by atoms with Crippen molar-refractivity contribution in [2.24, 2.45) is 11.8 Å². The van der Waals surface area contributed by atoms with E-state index in [0.29, 0.717) is 70.6 Å². The average molecular weight is 561 g/mol. The zero-order valence-corrected chi connectivity index (χ0v) is 24.5. The van der Waals surface area contributed by atoms with Crippen molar-refractivity contribution in [1.82, 2.24) is 19.7 Å². The number of nitrogens with zero attached hydrogens (tertiary/aromatic N) is 3. The van der Waals surface area contributed by atoms with Gasteiger partial charge in [0.05, 0.1) is 19.1 Å². The third-order valence-electron chi connectivity index (χ3n) is 7.51. The minimum Gasteiger partial charge on any atom is -0.385 e. The summed E-state index contributed by atoms with van der Waals surface area (Å²) >= 11 is 0. The van der Waals surface area contributed by atoms with Gasteiger partial charge in [-0.2, -0.15) is 0 Å². The van der Waals surface area contributed by atoms with E-state index in [1.54, 1.807) is 7.11 Å². The molecule has 1 aromatic heterocycles. The van der Waals surface area contributed by atoms with E-state index in [4.69, 9.17) is 9.47 Å². The smallest absolute Gasteiger partial charge is 0.270 e. The molecule has 39 heavy (non-hydrogen) atoms. The molecule has 1 N–H and O–H groups in total. The Bertz CT molecular complexity index is 1040. The highest BCUT2D eigenvalue weighted by molar-refractivity contribution is 5.94. The van der Waals surface area contributed by atoms with Gasteiger partial charge in [-0.05, 0) is 42.9 Å². The van der Waals surface area contributed by atoms with Crippen molar-refractivity contribution in [2.75, 3.05) is 59.7 Å². The SMILES string of the molecule is COCCCCn1c(C(=O)N(CC(C)C)[C@@H]2CNC[C@H](C(=O)N3CCOCC3)C2)ccc1-c1ccccc1.Cl. The first-order chi connectivity index (χ1) is 18.5. The van der Waals surface area contributed by atoms with Crippen molar-refractivity contribution in [2.45, 2.75) is 45.7 Å². The zero-order chi connectivity index (χ0) is 26.9. The molecule has 0 unspecified atom stereocenters. The van der Waals surface area contributed by atoms with Crippen molar-refractivity contribution in [3.05, 3.63) is 48.2 Å². The van der Waals surface area contributed by atoms with Crippen LogP contribution < -0.4 is 5.32 Å². The fourth-order valence-corrected chi connectivity index (χ4v) is 5.60. The van der Waals surface area contributed by atoms with Crippen molar-refractivity contribution >= 4 is 24.2 Å². The first-order valence-electron chi connectivity index (χ1n) is 14.1. The van der Waals surface area contributed by atoms with Crippen LogP contribution in [0.15, 0.2) is 42.5 Å². The summed E-state index contributed by atoms with van der Waals surface area (Å²) in [6, 6.07) is 14.3. The fourth-order valence-electron chi connectivity index (χ4n) is 5.60. The molecule has 0 bridgehead atoms. The van der Waals surface area contributed by atoms with Crippen molar-refractivity contribution in [3.8, 4) is 11.3 Å². The third kappa shape index (κ3) is 8.07. The van der Waals surface area contributed by atoms with Gasteiger partial charge in [-0.3, -0.25) is 9.59 Å². The molecule has 0 radical (unpaired) electrons. The molecule has 0 saturated carbocycles. The monoisotopic (exact) mass is 560 g/mol. The molecule has 2 saturated heterocycles. The van der Waals surface area contributed by atoms with Crippen LogP contribution in [0, 0.1) is 11.8 Å². The quantitative estimate of drug-likeness (QED) is 0.421. The standard InChI is InChI=1S/C30H44N4O4.ClH/c1-23(2)22-34(26-19-25(20-31-21-26)29(35)32-14-17-38-18-15-32)30(36)28-12-11-27(24-9-5-4-6-10-24)33(28)13-7-8-16-37-3;/h4-6,9-12,23,25-26,31H,7-8,13-22H2,1-3H3;1H/t25-,26+;/m1./s1. The van der Waals surface area contributed by atoms with Crippen LogP contribution in [0.3, 0.4) is 0 Å². The molecule has 8 nitrogen and oxygen atoms in total. The van der Waals surface area contributed by atoms with E-state index < -0.39 is 0 Å². The molecule has 4 rings (SSSR count). The molecule has 0 spiro atoms. The lowest BCUT2D eigenvalue weighted by molar-refractivity contribution is -0.140. The number of carbonyl (C=O) groups is 2. The second-order valence-electron chi connectivity index (χ2n) is 10.9. The lowest BCUT2D eigenvalue weighted by Gasteiger charge is -2.40. The number of methoxy groups -OCH3 is 1. The minimum absolute atomic E-state index is 0. The van der Waals surface area contributed by atoms with Gasteiger partial charge in [0.2, 0.25) is 5.91 Å². The number of unbranched alkanes of at least 4 members (excludes halogenated alkanes) is 1. The average Bonchev–Trinajstić information content (AvgIpc) is 3.38. The summed E-state index contributed by atoms with van der Waals surface area (Å²) in [6.45, 7) is 10.2. The Kier molecular flexibility index (Phi) is 12.3. The van der Waals surface area contributed by atoms with Gasteiger partial charge in [-0.25, -0.2) is 0 Å². The minimum atomic E-state index is -0.130. The number of hydrogen-bond acceptors (Lipinski definition) is 5. The predicted octanol–water partition coefficient (Wildman–Crippen LogP) is 3.94. The highest BCUT2D eigenvalue weighted by Gasteiger charge is 2.36. The molecule has 0 aliphatic carbocycles. The summed E-state index contributed by atoms with van der Waals surface area (Å²) in [5.41, 5.74) is 2.87. The summed E-state index contributed by atoms with van der Waals surface area (Å²) < 4.78 is 12.9. The molecular formula is C30H45ClN4O4. The van der Waals surface area contributed by atoms with Gasteiger partial charge in [-0.15, -0.1) is 12.4 Å². The molecule has 2 aliphatic rings. The predicted molar refractivity (Wildman–Crippen MR) is 156 cm³/mol. The van der Waals surface area contributed by atoms with Crippen LogP contribution in [0.25, 0.3) is 11.3 Å². The van der Waals surface area contributed by atoms with E-state index in [2.05, 4.69) is 41.9 Å². The maximum Gasteiger partial charge on any atom is 0.270 e. The van der Waals surface area contributed by atoms with E-state index >= 15 is 0 Å². The summed E-state index contributed by atoms with van der Waals surface area (Å²) in [6.07, 6.45) is 2.54. The number of morpholine rings is 1. The zero-order valence-electron chi connectivity index (χ0n) is 23.6. The van der Waals surface area contributed by atoms with Crippen LogP contribution in [-0.4, -0.2) is 91.9 Å². The highest BCUT2D eigenvalue weighted by Crippen LogP contribution is 2.27. The maximum atomic E-state index is 14.3. The van der Waals surface area contributed by atoms with Crippen LogP contribution in [0.5, 0.6) is 0 Å². The van der Waals surface area contributed by atoms with E-state index in [0.717, 1.165) is 30.6 Å². The number of rotatable bonds is 11. The molecule has 2 aromatic rings. The largest absolute Gasteiger partial charge is 0.385 e. The Morgan fingerprint density at radius 1 is 1.08 bits per heavy atom. The van der Waals surface area contributed by atoms with Gasteiger partial charge in [0, 0.05) is 64.7 Å². The van der Waals surface area contributed by atoms with Crippen LogP contribution in [0.1, 0.15) is 43.6 Å². The number of halogens is 1. The Balaban J connectivity index is 0.00000420. The number of piperidine rings is 1. The van der Waals surface area contributed by atoms with Crippen molar-refractivity contribution in [3.63, 3.8) is 0 Å². The number of carbonyl (C=O) groups excluding carboxylic acids is 2. The summed E-state index contributed by atoms with van der Waals surface area (Å²) in [5.74, 6) is 0.400. The Labute approximate surface area is 239 Å². The first-order valence-corrected chi connectivity index (χ1v) is 14.1. The van der Waals surface area contributed by atoms with Gasteiger partial charge in [0.1, 0.15) is 5.69 Å². The molecule has 2 fully saturated rings. The van der Waals surface area contributed by atoms with E-state index in [1.165, 1.54) is 0 Å². The molecule has 9 heteroatoms. The highest BCUT2D eigenvalue weighted by atomic mass is 35.5. The number of ether oxygens (including phenoxy) is 2. The normalized spacial score (nSPS) is 19.5. The van der Waals surface area contributed by atoms with Crippen LogP contribution >= 0.6 is 12.4 Å². The van der Waals surface area contributed by atoms with Gasteiger partial charge >= 0.3 is 0 Å². The lowest BCUT2D eigenvalue weighted by Crippen LogP contribution is -2.56. The van der Waals surface area contributed by atoms with Crippen molar-refractivity contribution < 1.29 is 19.1 Å². The Morgan fingerprint density at radius 2 is 1.82 bits per heavy atom. The van der Waals surface area contributed by atoms with E-state index in [-0.39, 0.29) is 36.2 Å². The second kappa shape index (κ2) is 15.4. The number of amides is 2. The fraction of sp³-hybridized carbons (Fsp3) is 0.600. The van der Waals surface area contributed by atoms with Crippen LogP contribution in [0.2, 0.25) is 0 Å². The summed E-state index contributed by atoms with van der Waals surface area (Å²) in [7, 11) is 1.72. The molecule has 2 aliphatic heterocycles. The Morgan fingerprint density at radius 3 is 2.51 bits per heavy atom. The molecule has 3 heterocycles. The number of aromatic nitrogens is 1. The van der Waals surface area contributed by atoms with E-state index in [9.17, 15) is 9.59 Å². The first kappa shape index (κ1) is 31.1. The third-order valence-corrected chi connectivity index (χ3v) is 7.51. The van der Waals surface area contributed by atoms with Crippen molar-refractivity contribution in [1.29, 1.82) is 0 Å². The van der Waals surface area contributed by atoms with E-state index in [1.807, 2.05) is 34.1 Å². The second-order valence-corrected chi connectivity index (χ2v) is 10.9. The maximum absolute atomic E-state index is 14.3. The lowest BCUT2D eigenvalue weighted by atomic mass is 9.92. The van der Waals surface area contributed by atoms with Crippen LogP contribution in [0.4, 0.5) is 0 Å². The molecule has 1 aromatic carbocycles. The van der Waals surface area contributed by atoms with Gasteiger partial charge in [0.15, 0.2) is 0 Å². The van der Waals surface area contributed by atoms with Crippen LogP contribution in [-0.2, 0) is 20.8 Å². The summed E-state index contributed by atoms with van der Waals surface area (Å²) in [5, 5.41) is 3.47. The van der Waals surface area contributed by atoms with Gasteiger partial charge in [0.25, 0.3) is 5.91 Å². The Hall–Kier alpha value is -2.39. The molecule has 2 atom stereocenters. The van der Waals surface area contributed by atoms with Gasteiger partial charge in [-0.1, -0.05) is 44.2 Å². The number of nitrogens with one attached hydrogen (secondary N) is 1. The van der Waals surface area contributed by atoms with Gasteiger partial charge < -0.3 is 29.2 Å². The molecule has 2 amide bonds. The molecule has 216 valence electrons. The number of benzene rings is 1. The summed E-state index contributed by atoms with van der Waals surface area (Å²) in [4.78, 5) is 31.5. The topological polar surface area (TPSA) is 76.0 Å².